The van der Waals surface area contributed by atoms with Crippen LogP contribution in [0.25, 0.3) is 6.08 Å². The summed E-state index contributed by atoms with van der Waals surface area (Å²) < 4.78 is 12.1. The lowest BCUT2D eigenvalue weighted by atomic mass is 10.1. The van der Waals surface area contributed by atoms with Crippen molar-refractivity contribution in [2.75, 3.05) is 13.7 Å². The number of benzene rings is 1. The Kier molecular flexibility index (Phi) is 6.95. The van der Waals surface area contributed by atoms with Crippen molar-refractivity contribution in [3.63, 3.8) is 0 Å². The maximum atomic E-state index is 12.3. The Hall–Kier alpha value is -1.47. The average Bonchev–Trinajstić information content (AvgIpc) is 2.84. The van der Waals surface area contributed by atoms with Gasteiger partial charge in [-0.05, 0) is 71.2 Å². The first-order valence-electron chi connectivity index (χ1n) is 8.20. The summed E-state index contributed by atoms with van der Waals surface area (Å²) in [5.41, 5.74) is 0.766. The van der Waals surface area contributed by atoms with Crippen molar-refractivity contribution in [2.24, 2.45) is 0 Å². The zero-order valence-electron chi connectivity index (χ0n) is 14.8. The van der Waals surface area contributed by atoms with E-state index in [1.54, 1.807) is 19.3 Å². The third-order valence-electron chi connectivity index (χ3n) is 3.76. The molecule has 5 nitrogen and oxygen atoms in total. The van der Waals surface area contributed by atoms with E-state index in [0.29, 0.717) is 22.9 Å². The van der Waals surface area contributed by atoms with Gasteiger partial charge in [0, 0.05) is 6.54 Å². The molecule has 1 heterocycles. The molecule has 0 saturated carbocycles. The summed E-state index contributed by atoms with van der Waals surface area (Å²) in [4.78, 5) is 26.0. The molecule has 2 amide bonds. The van der Waals surface area contributed by atoms with Crippen molar-refractivity contribution >= 4 is 44.9 Å². The third kappa shape index (κ3) is 4.58. The Balaban J connectivity index is 2.33. The second-order valence-electron chi connectivity index (χ2n) is 5.70. The second kappa shape index (κ2) is 8.76. The van der Waals surface area contributed by atoms with Crippen LogP contribution < -0.4 is 9.47 Å². The molecule has 1 saturated heterocycles. The summed E-state index contributed by atoms with van der Waals surface area (Å²) >= 11 is 4.47. The van der Waals surface area contributed by atoms with Crippen LogP contribution in [-0.2, 0) is 4.79 Å². The second-order valence-corrected chi connectivity index (χ2v) is 7.55. The first-order valence-corrected chi connectivity index (χ1v) is 9.81. The van der Waals surface area contributed by atoms with Crippen molar-refractivity contribution in [1.29, 1.82) is 0 Å². The summed E-state index contributed by atoms with van der Waals surface area (Å²) in [7, 11) is 1.57. The van der Waals surface area contributed by atoms with Gasteiger partial charge in [0.25, 0.3) is 11.1 Å². The predicted octanol–water partition coefficient (Wildman–Crippen LogP) is 5.08. The minimum Gasteiger partial charge on any atom is -0.493 e. The van der Waals surface area contributed by atoms with Crippen molar-refractivity contribution in [2.45, 2.75) is 39.7 Å². The number of nitrogens with zero attached hydrogens (tertiary/aromatic N) is 1. The van der Waals surface area contributed by atoms with E-state index in [2.05, 4.69) is 15.9 Å². The van der Waals surface area contributed by atoms with E-state index >= 15 is 0 Å². The van der Waals surface area contributed by atoms with Gasteiger partial charge in [-0.1, -0.05) is 13.8 Å². The fraction of sp³-hybridized carbons (Fsp3) is 0.444. The topological polar surface area (TPSA) is 55.8 Å². The lowest BCUT2D eigenvalue weighted by Gasteiger charge is -2.17. The molecule has 25 heavy (non-hydrogen) atoms. The van der Waals surface area contributed by atoms with Crippen molar-refractivity contribution in [3.05, 3.63) is 27.1 Å². The Bertz CT molecular complexity index is 705. The maximum absolute atomic E-state index is 12.3. The molecule has 136 valence electrons. The van der Waals surface area contributed by atoms with Crippen molar-refractivity contribution < 1.29 is 19.1 Å². The molecule has 0 unspecified atom stereocenters. The van der Waals surface area contributed by atoms with E-state index in [1.165, 1.54) is 4.90 Å². The molecule has 1 aromatic rings. The lowest BCUT2D eigenvalue weighted by Crippen LogP contribution is -2.28. The number of methoxy groups -OCH3 is 1. The SMILES string of the molecule is CCCN1C(=O)S/C(=C/c2cc(Br)c(O[C@H](C)CC)c(OC)c2)C1=O. The van der Waals surface area contributed by atoms with Crippen LogP contribution in [0, 0.1) is 0 Å². The summed E-state index contributed by atoms with van der Waals surface area (Å²) in [5, 5.41) is -0.221. The highest BCUT2D eigenvalue weighted by atomic mass is 79.9. The molecule has 0 aromatic heterocycles. The zero-order chi connectivity index (χ0) is 18.6. The highest BCUT2D eigenvalue weighted by molar-refractivity contribution is 9.10. The number of ether oxygens (including phenoxy) is 2. The van der Waals surface area contributed by atoms with Crippen LogP contribution in [0.2, 0.25) is 0 Å². The molecule has 1 fully saturated rings. The Morgan fingerprint density at radius 3 is 2.64 bits per heavy atom. The van der Waals surface area contributed by atoms with E-state index in [9.17, 15) is 9.59 Å². The van der Waals surface area contributed by atoms with Gasteiger partial charge in [-0.15, -0.1) is 0 Å². The van der Waals surface area contributed by atoms with Crippen LogP contribution in [0.5, 0.6) is 11.5 Å². The van der Waals surface area contributed by atoms with E-state index < -0.39 is 0 Å². The molecule has 1 aliphatic heterocycles. The molecule has 7 heteroatoms. The molecular weight excluding hydrogens is 406 g/mol. The summed E-state index contributed by atoms with van der Waals surface area (Å²) in [6, 6.07) is 3.66. The molecule has 2 rings (SSSR count). The van der Waals surface area contributed by atoms with Crippen LogP contribution in [0.3, 0.4) is 0 Å². The highest BCUT2D eigenvalue weighted by Gasteiger charge is 2.34. The zero-order valence-corrected chi connectivity index (χ0v) is 17.2. The van der Waals surface area contributed by atoms with Gasteiger partial charge in [-0.25, -0.2) is 0 Å². The minimum absolute atomic E-state index is 0.0570. The first kappa shape index (κ1) is 19.8. The van der Waals surface area contributed by atoms with Crippen LogP contribution in [-0.4, -0.2) is 35.8 Å². The molecular formula is C18H22BrNO4S. The smallest absolute Gasteiger partial charge is 0.293 e. The van der Waals surface area contributed by atoms with Gasteiger partial charge >= 0.3 is 0 Å². The standard InChI is InChI=1S/C18H22BrNO4S/c1-5-7-20-17(21)15(25-18(20)22)10-12-8-13(19)16(14(9-12)23-4)24-11(3)6-2/h8-11H,5-7H2,1-4H3/b15-10+/t11-/m1/s1. The van der Waals surface area contributed by atoms with Gasteiger partial charge in [0.2, 0.25) is 0 Å². The lowest BCUT2D eigenvalue weighted by molar-refractivity contribution is -0.122. The number of halogens is 1. The molecule has 1 aliphatic rings. The average molecular weight is 428 g/mol. The molecule has 0 spiro atoms. The quantitative estimate of drug-likeness (QED) is 0.567. The number of carbonyl (C=O) groups is 2. The molecule has 1 atom stereocenters. The van der Waals surface area contributed by atoms with Crippen molar-refractivity contribution in [3.8, 4) is 11.5 Å². The molecule has 0 aliphatic carbocycles. The maximum Gasteiger partial charge on any atom is 0.293 e. The third-order valence-corrected chi connectivity index (χ3v) is 5.26. The van der Waals surface area contributed by atoms with E-state index in [-0.39, 0.29) is 17.3 Å². The van der Waals surface area contributed by atoms with Crippen LogP contribution in [0.15, 0.2) is 21.5 Å². The number of rotatable bonds is 7. The van der Waals surface area contributed by atoms with E-state index in [0.717, 1.165) is 34.6 Å². The number of amides is 2. The molecule has 0 radical (unpaired) electrons. The fourth-order valence-electron chi connectivity index (χ4n) is 2.29. The summed E-state index contributed by atoms with van der Waals surface area (Å²) in [6.07, 6.45) is 3.39. The largest absolute Gasteiger partial charge is 0.493 e. The Morgan fingerprint density at radius 2 is 2.04 bits per heavy atom. The molecule has 0 N–H and O–H groups in total. The van der Waals surface area contributed by atoms with Crippen LogP contribution in [0.1, 0.15) is 39.2 Å². The molecule has 1 aromatic carbocycles. The van der Waals surface area contributed by atoms with Crippen molar-refractivity contribution in [1.82, 2.24) is 4.90 Å². The van der Waals surface area contributed by atoms with Gasteiger partial charge in [0.05, 0.1) is 22.6 Å². The first-order chi connectivity index (χ1) is 11.9. The van der Waals surface area contributed by atoms with Crippen LogP contribution >= 0.6 is 27.7 Å². The summed E-state index contributed by atoms with van der Waals surface area (Å²) in [5.74, 6) is 0.966. The van der Waals surface area contributed by atoms with Gasteiger partial charge < -0.3 is 9.47 Å². The molecule has 0 bridgehead atoms. The number of hydrogen-bond donors (Lipinski definition) is 0. The normalized spacial score (nSPS) is 17.3. The van der Waals surface area contributed by atoms with E-state index in [1.807, 2.05) is 26.8 Å². The van der Waals surface area contributed by atoms with Gasteiger partial charge in [0.15, 0.2) is 11.5 Å². The summed E-state index contributed by atoms with van der Waals surface area (Å²) in [6.45, 7) is 6.41. The van der Waals surface area contributed by atoms with Gasteiger partial charge in [-0.2, -0.15) is 0 Å². The predicted molar refractivity (Wildman–Crippen MR) is 104 cm³/mol. The number of imide groups is 1. The van der Waals surface area contributed by atoms with Gasteiger partial charge in [0.1, 0.15) is 0 Å². The number of hydrogen-bond acceptors (Lipinski definition) is 5. The fourth-order valence-corrected chi connectivity index (χ4v) is 3.71. The Labute approximate surface area is 160 Å². The van der Waals surface area contributed by atoms with Gasteiger partial charge in [-0.3, -0.25) is 14.5 Å². The monoisotopic (exact) mass is 427 g/mol. The highest BCUT2D eigenvalue weighted by Crippen LogP contribution is 2.39. The van der Waals surface area contributed by atoms with E-state index in [4.69, 9.17) is 9.47 Å². The Morgan fingerprint density at radius 1 is 1.32 bits per heavy atom. The van der Waals surface area contributed by atoms with Crippen LogP contribution in [0.4, 0.5) is 4.79 Å². The minimum atomic E-state index is -0.244. The number of thioether (sulfide) groups is 1. The number of carbonyl (C=O) groups excluding carboxylic acids is 2.